The highest BCUT2D eigenvalue weighted by Crippen LogP contribution is 2.23. The molecule has 7 heteroatoms. The zero-order valence-electron chi connectivity index (χ0n) is 13.2. The number of ether oxygens (including phenoxy) is 1. The van der Waals surface area contributed by atoms with Gasteiger partial charge >= 0.3 is 5.97 Å². The summed E-state index contributed by atoms with van der Waals surface area (Å²) in [6.07, 6.45) is 0.456. The second-order valence-corrected chi connectivity index (χ2v) is 6.64. The Labute approximate surface area is 142 Å². The minimum Gasteiger partial charge on any atom is -0.456 e. The molecule has 0 unspecified atom stereocenters. The van der Waals surface area contributed by atoms with Crippen LogP contribution in [0.5, 0.6) is 0 Å². The number of aryl methyl sites for hydroxylation is 1. The normalized spacial score (nSPS) is 11.0. The highest BCUT2D eigenvalue weighted by Gasteiger charge is 2.25. The van der Waals surface area contributed by atoms with Crippen molar-refractivity contribution in [2.24, 2.45) is 0 Å². The molecule has 1 aromatic carbocycles. The van der Waals surface area contributed by atoms with Crippen LogP contribution in [0.2, 0.25) is 0 Å². The van der Waals surface area contributed by atoms with Crippen molar-refractivity contribution >= 4 is 33.4 Å². The van der Waals surface area contributed by atoms with Crippen LogP contribution >= 0.6 is 15.9 Å². The number of alkyl halides is 1. The van der Waals surface area contributed by atoms with E-state index < -0.39 is 22.3 Å². The fourth-order valence-electron chi connectivity index (χ4n) is 1.79. The molecule has 0 heterocycles. The average Bonchev–Trinajstić information content (AvgIpc) is 2.44. The number of halogens is 1. The Bertz CT molecular complexity index is 661. The minimum atomic E-state index is -0.838. The smallest absolute Gasteiger partial charge is 0.342 e. The number of carbonyl (C=O) groups is 2. The van der Waals surface area contributed by atoms with Crippen LogP contribution in [0.4, 0.5) is 5.69 Å². The highest BCUT2D eigenvalue weighted by atomic mass is 79.9. The summed E-state index contributed by atoms with van der Waals surface area (Å²) in [4.78, 5) is 34.7. The molecule has 0 aliphatic heterocycles. The largest absolute Gasteiger partial charge is 0.456 e. The lowest BCUT2D eigenvalue weighted by molar-refractivity contribution is -0.385. The molecule has 23 heavy (non-hydrogen) atoms. The van der Waals surface area contributed by atoms with Crippen LogP contribution < -0.4 is 0 Å². The number of rotatable bonds is 6. The molecule has 124 valence electrons. The fraction of sp³-hybridized carbons (Fsp3) is 0.375. The summed E-state index contributed by atoms with van der Waals surface area (Å²) in [6.45, 7) is 8.45. The molecule has 0 aliphatic rings. The molecule has 0 spiro atoms. The van der Waals surface area contributed by atoms with E-state index in [0.717, 1.165) is 6.07 Å². The van der Waals surface area contributed by atoms with Crippen molar-refractivity contribution in [1.29, 1.82) is 0 Å². The molecule has 1 rings (SSSR count). The average molecular weight is 384 g/mol. The Balaban J connectivity index is 3.09. The number of ketones is 1. The number of nitro benzene ring substituents is 1. The SMILES string of the molecule is C=C(C(=O)OC(C)(C)C)C(=O)c1ccc(CCBr)c([N+](=O)[O-])c1. The number of hydrogen-bond acceptors (Lipinski definition) is 5. The molecule has 0 aliphatic carbocycles. The Hall–Kier alpha value is -2.02. The molecular weight excluding hydrogens is 366 g/mol. The quantitative estimate of drug-likeness (QED) is 0.109. The van der Waals surface area contributed by atoms with Crippen molar-refractivity contribution in [1.82, 2.24) is 0 Å². The number of carbonyl (C=O) groups excluding carboxylic acids is 2. The van der Waals surface area contributed by atoms with Gasteiger partial charge in [-0.25, -0.2) is 4.79 Å². The van der Waals surface area contributed by atoms with Gasteiger partial charge in [-0.2, -0.15) is 0 Å². The van der Waals surface area contributed by atoms with E-state index in [1.807, 2.05) is 0 Å². The first-order chi connectivity index (χ1) is 10.6. The summed E-state index contributed by atoms with van der Waals surface area (Å²) in [5, 5.41) is 11.7. The summed E-state index contributed by atoms with van der Waals surface area (Å²) in [5.41, 5.74) is -0.738. The van der Waals surface area contributed by atoms with Crippen molar-refractivity contribution in [3.8, 4) is 0 Å². The van der Waals surface area contributed by atoms with Gasteiger partial charge in [-0.3, -0.25) is 14.9 Å². The molecule has 0 saturated carbocycles. The topological polar surface area (TPSA) is 86.5 Å². The van der Waals surface area contributed by atoms with Crippen LogP contribution in [-0.2, 0) is 16.0 Å². The van der Waals surface area contributed by atoms with E-state index >= 15 is 0 Å². The molecule has 0 amide bonds. The highest BCUT2D eigenvalue weighted by molar-refractivity contribution is 9.09. The predicted molar refractivity (Wildman–Crippen MR) is 89.9 cm³/mol. The lowest BCUT2D eigenvalue weighted by atomic mass is 10.0. The lowest BCUT2D eigenvalue weighted by Gasteiger charge is -2.19. The van der Waals surface area contributed by atoms with Crippen molar-refractivity contribution in [2.45, 2.75) is 32.8 Å². The van der Waals surface area contributed by atoms with E-state index in [1.165, 1.54) is 12.1 Å². The molecule has 0 radical (unpaired) electrons. The molecule has 0 N–H and O–H groups in total. The lowest BCUT2D eigenvalue weighted by Crippen LogP contribution is -2.27. The first-order valence-corrected chi connectivity index (χ1v) is 7.99. The van der Waals surface area contributed by atoms with Crippen LogP contribution in [0.3, 0.4) is 0 Å². The molecule has 0 bridgehead atoms. The van der Waals surface area contributed by atoms with Crippen LogP contribution in [0.1, 0.15) is 36.7 Å². The zero-order valence-corrected chi connectivity index (χ0v) is 14.8. The molecule has 1 aromatic rings. The van der Waals surface area contributed by atoms with Gasteiger partial charge in [0.25, 0.3) is 5.69 Å². The van der Waals surface area contributed by atoms with Crippen LogP contribution in [0.25, 0.3) is 0 Å². The molecule has 0 aromatic heterocycles. The Morgan fingerprint density at radius 3 is 2.43 bits per heavy atom. The second kappa shape index (κ2) is 7.50. The van der Waals surface area contributed by atoms with Gasteiger partial charge in [0.15, 0.2) is 5.78 Å². The Kier molecular flexibility index (Phi) is 6.20. The molecule has 0 saturated heterocycles. The molecular formula is C16H18BrNO5. The summed E-state index contributed by atoms with van der Waals surface area (Å²) < 4.78 is 5.08. The van der Waals surface area contributed by atoms with Gasteiger partial charge in [-0.15, -0.1) is 0 Å². The maximum absolute atomic E-state index is 12.3. The Morgan fingerprint density at radius 2 is 1.96 bits per heavy atom. The second-order valence-electron chi connectivity index (χ2n) is 5.85. The molecule has 6 nitrogen and oxygen atoms in total. The van der Waals surface area contributed by atoms with Crippen molar-refractivity contribution < 1.29 is 19.2 Å². The predicted octanol–water partition coefficient (Wildman–Crippen LogP) is 3.61. The first-order valence-electron chi connectivity index (χ1n) is 6.87. The number of nitrogens with zero attached hydrogens (tertiary/aromatic N) is 1. The third-order valence-electron chi connectivity index (χ3n) is 2.83. The number of hydrogen-bond donors (Lipinski definition) is 0. The molecule has 0 fully saturated rings. The van der Waals surface area contributed by atoms with Crippen LogP contribution in [0.15, 0.2) is 30.4 Å². The number of benzene rings is 1. The third-order valence-corrected chi connectivity index (χ3v) is 3.22. The monoisotopic (exact) mass is 383 g/mol. The standard InChI is InChI=1S/C16H18BrNO5/c1-10(15(20)23-16(2,3)4)14(19)12-6-5-11(7-8-17)13(9-12)18(21)22/h5-6,9H,1,7-8H2,2-4H3. The van der Waals surface area contributed by atoms with Gasteiger partial charge in [0.1, 0.15) is 11.2 Å². The number of Topliss-reactive ketones (excluding diaryl/α,β-unsaturated/α-hetero) is 1. The third kappa shape index (κ3) is 5.28. The van der Waals surface area contributed by atoms with Gasteiger partial charge in [0.05, 0.1) is 4.92 Å². The number of nitro groups is 1. The van der Waals surface area contributed by atoms with Crippen molar-refractivity contribution in [2.75, 3.05) is 5.33 Å². The van der Waals surface area contributed by atoms with Gasteiger partial charge in [0.2, 0.25) is 0 Å². The van der Waals surface area contributed by atoms with Gasteiger partial charge in [0, 0.05) is 22.5 Å². The van der Waals surface area contributed by atoms with E-state index in [1.54, 1.807) is 20.8 Å². The van der Waals surface area contributed by atoms with E-state index in [2.05, 4.69) is 22.5 Å². The van der Waals surface area contributed by atoms with E-state index in [-0.39, 0.29) is 16.8 Å². The summed E-state index contributed by atoms with van der Waals surface area (Å²) in [7, 11) is 0. The van der Waals surface area contributed by atoms with Crippen molar-refractivity contribution in [3.63, 3.8) is 0 Å². The first kappa shape index (κ1) is 19.0. The summed E-state index contributed by atoms with van der Waals surface area (Å²) in [6, 6.07) is 4.12. The van der Waals surface area contributed by atoms with Gasteiger partial charge < -0.3 is 4.74 Å². The zero-order chi connectivity index (χ0) is 17.8. The fourth-order valence-corrected chi connectivity index (χ4v) is 2.22. The Morgan fingerprint density at radius 1 is 1.35 bits per heavy atom. The van der Waals surface area contributed by atoms with Crippen molar-refractivity contribution in [3.05, 3.63) is 51.6 Å². The number of esters is 1. The molecule has 0 atom stereocenters. The summed E-state index contributed by atoms with van der Waals surface area (Å²) in [5.74, 6) is -1.53. The minimum absolute atomic E-state index is 0.0332. The van der Waals surface area contributed by atoms with Crippen LogP contribution in [-0.4, -0.2) is 27.6 Å². The van der Waals surface area contributed by atoms with Crippen LogP contribution in [0, 0.1) is 10.1 Å². The maximum atomic E-state index is 12.3. The van der Waals surface area contributed by atoms with E-state index in [0.29, 0.717) is 17.3 Å². The van der Waals surface area contributed by atoms with E-state index in [4.69, 9.17) is 4.74 Å². The maximum Gasteiger partial charge on any atom is 0.342 e. The van der Waals surface area contributed by atoms with Gasteiger partial charge in [-0.05, 0) is 27.2 Å². The summed E-state index contributed by atoms with van der Waals surface area (Å²) >= 11 is 3.22. The van der Waals surface area contributed by atoms with E-state index in [9.17, 15) is 19.7 Å². The van der Waals surface area contributed by atoms with Gasteiger partial charge in [-0.1, -0.05) is 34.6 Å².